The number of fused-ring (bicyclic) bond motifs is 1. The first-order chi connectivity index (χ1) is 19.5. The quantitative estimate of drug-likeness (QED) is 0.467. The molecule has 3 aromatic rings. The number of nitrogens with zero attached hydrogens (tertiary/aromatic N) is 6. The maximum Gasteiger partial charge on any atom is 0.257 e. The Bertz CT molecular complexity index is 1320. The van der Waals surface area contributed by atoms with Crippen molar-refractivity contribution in [3.8, 4) is 5.82 Å². The number of hydrogen-bond acceptors (Lipinski definition) is 6. The molecule has 0 radical (unpaired) electrons. The topological polar surface area (TPSA) is 96.2 Å². The molecule has 6 rings (SSSR count). The van der Waals surface area contributed by atoms with Gasteiger partial charge in [0.15, 0.2) is 5.82 Å². The lowest BCUT2D eigenvalue weighted by Gasteiger charge is -2.25. The minimum Gasteiger partial charge on any atom is -0.349 e. The van der Waals surface area contributed by atoms with Crippen LogP contribution in [0, 0.1) is 31.6 Å². The van der Waals surface area contributed by atoms with Crippen LogP contribution in [0.5, 0.6) is 0 Å². The molecule has 3 fully saturated rings. The molecule has 1 N–H and O–H groups in total. The van der Waals surface area contributed by atoms with E-state index in [1.54, 1.807) is 10.9 Å². The third-order valence-corrected chi connectivity index (χ3v) is 9.11. The number of nitrogens with one attached hydrogen (secondary N) is 1. The Morgan fingerprint density at radius 2 is 1.70 bits per heavy atom. The molecule has 3 unspecified atom stereocenters. The highest BCUT2D eigenvalue weighted by atomic mass is 16.2. The molecule has 1 aliphatic carbocycles. The minimum atomic E-state index is 0.0320. The van der Waals surface area contributed by atoms with Gasteiger partial charge >= 0.3 is 0 Å². The van der Waals surface area contributed by atoms with Crippen molar-refractivity contribution in [2.45, 2.75) is 52.0 Å². The molecule has 3 atom stereocenters. The minimum absolute atomic E-state index is 0.0320. The molecule has 210 valence electrons. The van der Waals surface area contributed by atoms with E-state index in [0.717, 1.165) is 76.2 Å². The van der Waals surface area contributed by atoms with E-state index in [2.05, 4.69) is 49.8 Å². The van der Waals surface area contributed by atoms with Crippen LogP contribution >= 0.6 is 0 Å². The Morgan fingerprint density at radius 1 is 0.975 bits per heavy atom. The number of carbonyl (C=O) groups is 2. The van der Waals surface area contributed by atoms with Gasteiger partial charge in [0.05, 0.1) is 23.0 Å². The summed E-state index contributed by atoms with van der Waals surface area (Å²) >= 11 is 0. The fraction of sp³-hybridized carbons (Fsp3) is 0.516. The van der Waals surface area contributed by atoms with Crippen molar-refractivity contribution >= 4 is 11.8 Å². The SMILES string of the molecule is Cc1nn(-c2cccnn2)c(C)c1C(=O)N1CC2CN(CCC(NC(=O)C3CCCC3)c3ccccc3)CC2C1. The Morgan fingerprint density at radius 3 is 2.38 bits per heavy atom. The van der Waals surface area contributed by atoms with Gasteiger partial charge in [0.2, 0.25) is 5.91 Å². The zero-order valence-electron chi connectivity index (χ0n) is 23.5. The summed E-state index contributed by atoms with van der Waals surface area (Å²) in [5.41, 5.74) is 3.37. The van der Waals surface area contributed by atoms with E-state index < -0.39 is 0 Å². The number of aromatic nitrogens is 4. The van der Waals surface area contributed by atoms with E-state index in [1.165, 1.54) is 5.56 Å². The Hall–Kier alpha value is -3.59. The molecule has 4 heterocycles. The van der Waals surface area contributed by atoms with Gasteiger partial charge in [-0.2, -0.15) is 10.2 Å². The number of likely N-dealkylation sites (tertiary alicyclic amines) is 2. The molecule has 40 heavy (non-hydrogen) atoms. The van der Waals surface area contributed by atoms with Crippen LogP contribution in [0.1, 0.15) is 65.5 Å². The molecule has 9 heteroatoms. The normalized spacial score (nSPS) is 22.0. The number of benzene rings is 1. The van der Waals surface area contributed by atoms with Crippen molar-refractivity contribution in [1.29, 1.82) is 0 Å². The second kappa shape index (κ2) is 11.5. The molecule has 2 aliphatic heterocycles. The lowest BCUT2D eigenvalue weighted by Crippen LogP contribution is -2.36. The summed E-state index contributed by atoms with van der Waals surface area (Å²) in [7, 11) is 0. The number of aryl methyl sites for hydroxylation is 1. The molecule has 3 aliphatic rings. The van der Waals surface area contributed by atoms with Crippen LogP contribution < -0.4 is 5.32 Å². The van der Waals surface area contributed by atoms with Crippen LogP contribution in [-0.2, 0) is 4.79 Å². The first kappa shape index (κ1) is 26.6. The molecule has 2 amide bonds. The Balaban J connectivity index is 1.06. The predicted octanol–water partition coefficient (Wildman–Crippen LogP) is 3.72. The fourth-order valence-corrected chi connectivity index (χ4v) is 6.98. The van der Waals surface area contributed by atoms with E-state index in [4.69, 9.17) is 0 Å². The van der Waals surface area contributed by atoms with Crippen molar-refractivity contribution < 1.29 is 9.59 Å². The van der Waals surface area contributed by atoms with Crippen LogP contribution in [0.3, 0.4) is 0 Å². The molecule has 2 saturated heterocycles. The monoisotopic (exact) mass is 541 g/mol. The second-order valence-corrected chi connectivity index (χ2v) is 11.8. The lowest BCUT2D eigenvalue weighted by atomic mass is 10.0. The smallest absolute Gasteiger partial charge is 0.257 e. The number of hydrogen-bond donors (Lipinski definition) is 1. The fourth-order valence-electron chi connectivity index (χ4n) is 6.98. The third-order valence-electron chi connectivity index (χ3n) is 9.11. The average Bonchev–Trinajstić information content (AvgIpc) is 3.76. The van der Waals surface area contributed by atoms with Gasteiger partial charge in [-0.15, -0.1) is 5.10 Å². The summed E-state index contributed by atoms with van der Waals surface area (Å²) < 4.78 is 1.71. The van der Waals surface area contributed by atoms with Crippen LogP contribution in [0.25, 0.3) is 5.82 Å². The standard InChI is InChI=1S/C31H39N7O2/c1-21-29(22(2)38(35-21)28-13-8-15-32-34-28)31(40)37-19-25-17-36(18-26(25)20-37)16-14-27(23-9-4-3-5-10-23)33-30(39)24-11-6-7-12-24/h3-5,8-10,13,15,24-27H,6-7,11-12,14,16-20H2,1-2H3,(H,33,39). The van der Waals surface area contributed by atoms with Gasteiger partial charge in [-0.3, -0.25) is 9.59 Å². The van der Waals surface area contributed by atoms with Crippen LogP contribution in [0.4, 0.5) is 0 Å². The zero-order chi connectivity index (χ0) is 27.6. The summed E-state index contributed by atoms with van der Waals surface area (Å²) in [6.45, 7) is 8.28. The highest BCUT2D eigenvalue weighted by Gasteiger charge is 2.42. The van der Waals surface area contributed by atoms with Crippen LogP contribution in [0.2, 0.25) is 0 Å². The summed E-state index contributed by atoms with van der Waals surface area (Å²) in [5, 5.41) is 16.1. The molecule has 1 aromatic carbocycles. The zero-order valence-corrected chi connectivity index (χ0v) is 23.5. The van der Waals surface area contributed by atoms with Crippen molar-refractivity contribution in [1.82, 2.24) is 35.1 Å². The van der Waals surface area contributed by atoms with Crippen molar-refractivity contribution in [3.63, 3.8) is 0 Å². The van der Waals surface area contributed by atoms with Gasteiger partial charge in [0.25, 0.3) is 5.91 Å². The molecular weight excluding hydrogens is 502 g/mol. The van der Waals surface area contributed by atoms with Gasteiger partial charge in [0, 0.05) is 44.8 Å². The Kier molecular flexibility index (Phi) is 7.65. The first-order valence-electron chi connectivity index (χ1n) is 14.7. The highest BCUT2D eigenvalue weighted by Crippen LogP contribution is 2.34. The maximum atomic E-state index is 13.6. The van der Waals surface area contributed by atoms with Gasteiger partial charge in [0.1, 0.15) is 0 Å². The number of rotatable bonds is 8. The lowest BCUT2D eigenvalue weighted by molar-refractivity contribution is -0.125. The number of carbonyl (C=O) groups excluding carboxylic acids is 2. The van der Waals surface area contributed by atoms with Crippen molar-refractivity contribution in [2.24, 2.45) is 17.8 Å². The molecular formula is C31H39N7O2. The second-order valence-electron chi connectivity index (χ2n) is 11.8. The van der Waals surface area contributed by atoms with Crippen molar-refractivity contribution in [3.05, 3.63) is 71.2 Å². The molecule has 1 saturated carbocycles. The highest BCUT2D eigenvalue weighted by molar-refractivity contribution is 5.96. The maximum absolute atomic E-state index is 13.6. The van der Waals surface area contributed by atoms with Crippen LogP contribution in [0.15, 0.2) is 48.7 Å². The number of amides is 2. The molecule has 0 spiro atoms. The largest absolute Gasteiger partial charge is 0.349 e. The van der Waals surface area contributed by atoms with E-state index in [9.17, 15) is 9.59 Å². The predicted molar refractivity (Wildman–Crippen MR) is 152 cm³/mol. The van der Waals surface area contributed by atoms with Gasteiger partial charge in [-0.1, -0.05) is 43.2 Å². The molecule has 2 aromatic heterocycles. The van der Waals surface area contributed by atoms with E-state index >= 15 is 0 Å². The van der Waals surface area contributed by atoms with Crippen molar-refractivity contribution in [2.75, 3.05) is 32.7 Å². The summed E-state index contributed by atoms with van der Waals surface area (Å²) in [6.07, 6.45) is 6.86. The first-order valence-corrected chi connectivity index (χ1v) is 14.7. The third kappa shape index (κ3) is 5.39. The van der Waals surface area contributed by atoms with E-state index in [-0.39, 0.29) is 23.8 Å². The van der Waals surface area contributed by atoms with Crippen LogP contribution in [-0.4, -0.2) is 74.3 Å². The molecule has 0 bridgehead atoms. The summed E-state index contributed by atoms with van der Waals surface area (Å²) in [6, 6.07) is 14.1. The van der Waals surface area contributed by atoms with Gasteiger partial charge in [-0.05, 0) is 62.6 Å². The summed E-state index contributed by atoms with van der Waals surface area (Å²) in [4.78, 5) is 31.1. The summed E-state index contributed by atoms with van der Waals surface area (Å²) in [5.74, 6) is 2.01. The van der Waals surface area contributed by atoms with E-state index in [0.29, 0.717) is 23.2 Å². The average molecular weight is 542 g/mol. The Labute approximate surface area is 236 Å². The van der Waals surface area contributed by atoms with Gasteiger partial charge < -0.3 is 15.1 Å². The van der Waals surface area contributed by atoms with Gasteiger partial charge in [-0.25, -0.2) is 4.68 Å². The molecule has 9 nitrogen and oxygen atoms in total. The van der Waals surface area contributed by atoms with E-state index in [1.807, 2.05) is 36.9 Å².